The number of halogens is 2. The van der Waals surface area contributed by atoms with E-state index >= 15 is 0 Å². The van der Waals surface area contributed by atoms with Crippen LogP contribution in [0.4, 0.5) is 0 Å². The molecule has 1 N–H and O–H groups in total. The number of hydrogen-bond donors (Lipinski definition) is 1. The summed E-state index contributed by atoms with van der Waals surface area (Å²) in [6.45, 7) is 1.69. The zero-order valence-electron chi connectivity index (χ0n) is 10.5. The minimum absolute atomic E-state index is 0.775. The summed E-state index contributed by atoms with van der Waals surface area (Å²) in [6.07, 6.45) is 6.54. The van der Waals surface area contributed by atoms with Crippen LogP contribution >= 0.6 is 38.9 Å². The first kappa shape index (κ1) is 14.0. The molecular weight excluding hydrogens is 360 g/mol. The standard InChI is InChI=1S/C13H12BrClN4S/c14-11-8-19-9(6-18-13(19)7-17-11)5-16-4-3-10-1-2-12(15)20-10/h1-2,6-8,16H,3-5H2. The second kappa shape index (κ2) is 6.22. The van der Waals surface area contributed by atoms with Crippen molar-refractivity contribution in [2.24, 2.45) is 0 Å². The molecule has 0 atom stereocenters. The lowest BCUT2D eigenvalue weighted by atomic mass is 10.3. The third kappa shape index (κ3) is 3.20. The molecule has 7 heteroatoms. The number of nitrogens with zero attached hydrogens (tertiary/aromatic N) is 3. The summed E-state index contributed by atoms with van der Waals surface area (Å²) in [4.78, 5) is 9.78. The Bertz CT molecular complexity index is 724. The molecule has 0 fully saturated rings. The highest BCUT2D eigenvalue weighted by atomic mass is 79.9. The Hall–Kier alpha value is -0.950. The van der Waals surface area contributed by atoms with Crippen molar-refractivity contribution in [3.8, 4) is 0 Å². The maximum atomic E-state index is 5.91. The van der Waals surface area contributed by atoms with E-state index in [9.17, 15) is 0 Å². The van der Waals surface area contributed by atoms with E-state index in [-0.39, 0.29) is 0 Å². The van der Waals surface area contributed by atoms with Gasteiger partial charge in [0.05, 0.1) is 22.4 Å². The van der Waals surface area contributed by atoms with Gasteiger partial charge < -0.3 is 5.32 Å². The third-order valence-corrected chi connectivity index (χ3v) is 4.62. The monoisotopic (exact) mass is 370 g/mol. The lowest BCUT2D eigenvalue weighted by Gasteiger charge is -2.04. The maximum Gasteiger partial charge on any atom is 0.155 e. The van der Waals surface area contributed by atoms with Crippen LogP contribution in [0.15, 0.2) is 35.3 Å². The average molecular weight is 372 g/mol. The van der Waals surface area contributed by atoms with Gasteiger partial charge in [-0.1, -0.05) is 11.6 Å². The Morgan fingerprint density at radius 2 is 2.20 bits per heavy atom. The predicted octanol–water partition coefficient (Wildman–Crippen LogP) is 3.54. The molecule has 0 unspecified atom stereocenters. The van der Waals surface area contributed by atoms with Crippen LogP contribution in [0.2, 0.25) is 4.34 Å². The Labute approximate surface area is 134 Å². The molecule has 3 heterocycles. The van der Waals surface area contributed by atoms with Gasteiger partial charge >= 0.3 is 0 Å². The van der Waals surface area contributed by atoms with E-state index in [1.807, 2.05) is 22.9 Å². The Morgan fingerprint density at radius 1 is 1.30 bits per heavy atom. The maximum absolute atomic E-state index is 5.91. The van der Waals surface area contributed by atoms with Crippen LogP contribution in [0, 0.1) is 0 Å². The first-order valence-electron chi connectivity index (χ1n) is 6.15. The van der Waals surface area contributed by atoms with E-state index in [0.29, 0.717) is 0 Å². The smallest absolute Gasteiger partial charge is 0.155 e. The lowest BCUT2D eigenvalue weighted by Crippen LogP contribution is -2.17. The molecule has 0 bridgehead atoms. The third-order valence-electron chi connectivity index (χ3n) is 2.92. The summed E-state index contributed by atoms with van der Waals surface area (Å²) < 4.78 is 3.68. The van der Waals surface area contributed by atoms with Gasteiger partial charge in [0.15, 0.2) is 5.65 Å². The molecule has 0 amide bonds. The van der Waals surface area contributed by atoms with Crippen molar-refractivity contribution in [3.05, 3.63) is 50.2 Å². The highest BCUT2D eigenvalue weighted by Crippen LogP contribution is 2.21. The molecule has 3 aromatic heterocycles. The van der Waals surface area contributed by atoms with Crippen LogP contribution in [-0.4, -0.2) is 20.9 Å². The number of hydrogen-bond acceptors (Lipinski definition) is 4. The topological polar surface area (TPSA) is 42.2 Å². The van der Waals surface area contributed by atoms with Gasteiger partial charge in [-0.3, -0.25) is 4.40 Å². The Morgan fingerprint density at radius 3 is 3.00 bits per heavy atom. The number of imidazole rings is 1. The van der Waals surface area contributed by atoms with Crippen molar-refractivity contribution in [1.82, 2.24) is 19.7 Å². The van der Waals surface area contributed by atoms with E-state index in [1.54, 1.807) is 17.5 Å². The molecule has 3 aromatic rings. The molecule has 4 nitrogen and oxygen atoms in total. The van der Waals surface area contributed by atoms with Gasteiger partial charge in [-0.25, -0.2) is 9.97 Å². The second-order valence-corrected chi connectivity index (χ2v) is 6.93. The van der Waals surface area contributed by atoms with Crippen LogP contribution in [-0.2, 0) is 13.0 Å². The van der Waals surface area contributed by atoms with Gasteiger partial charge in [-0.15, -0.1) is 11.3 Å². The van der Waals surface area contributed by atoms with Gasteiger partial charge in [-0.2, -0.15) is 0 Å². The Balaban J connectivity index is 1.58. The Kier molecular flexibility index (Phi) is 4.35. The molecule has 0 spiro atoms. The minimum atomic E-state index is 0.775. The summed E-state index contributed by atoms with van der Waals surface area (Å²) in [7, 11) is 0. The van der Waals surface area contributed by atoms with E-state index in [2.05, 4.69) is 37.3 Å². The van der Waals surface area contributed by atoms with E-state index in [4.69, 9.17) is 11.6 Å². The molecule has 0 aliphatic rings. The molecule has 20 heavy (non-hydrogen) atoms. The molecule has 0 radical (unpaired) electrons. The number of aromatic nitrogens is 3. The second-order valence-electron chi connectivity index (χ2n) is 4.32. The number of fused-ring (bicyclic) bond motifs is 1. The highest BCUT2D eigenvalue weighted by molar-refractivity contribution is 9.10. The first-order chi connectivity index (χ1) is 9.72. The molecule has 0 aliphatic heterocycles. The number of nitrogens with one attached hydrogen (secondary N) is 1. The quantitative estimate of drug-likeness (QED) is 0.698. The molecule has 0 saturated heterocycles. The SMILES string of the molecule is Clc1ccc(CCNCc2cnc3cnc(Br)cn23)s1. The first-order valence-corrected chi connectivity index (χ1v) is 8.13. The van der Waals surface area contributed by atoms with Crippen molar-refractivity contribution in [1.29, 1.82) is 0 Å². The molecule has 0 saturated carbocycles. The summed E-state index contributed by atoms with van der Waals surface area (Å²) in [5.74, 6) is 0. The zero-order valence-corrected chi connectivity index (χ0v) is 13.7. The van der Waals surface area contributed by atoms with Crippen molar-refractivity contribution in [2.45, 2.75) is 13.0 Å². The fraction of sp³-hybridized carbons (Fsp3) is 0.231. The summed E-state index contributed by atoms with van der Waals surface area (Å²) in [5, 5.41) is 3.42. The van der Waals surface area contributed by atoms with E-state index in [0.717, 1.165) is 39.8 Å². The van der Waals surface area contributed by atoms with Crippen LogP contribution in [0.25, 0.3) is 5.65 Å². The molecule has 0 aromatic carbocycles. The largest absolute Gasteiger partial charge is 0.311 e. The minimum Gasteiger partial charge on any atom is -0.311 e. The van der Waals surface area contributed by atoms with Crippen LogP contribution in [0.3, 0.4) is 0 Å². The van der Waals surface area contributed by atoms with E-state index < -0.39 is 0 Å². The van der Waals surface area contributed by atoms with Gasteiger partial charge in [0.25, 0.3) is 0 Å². The molecular formula is C13H12BrClN4S. The highest BCUT2D eigenvalue weighted by Gasteiger charge is 2.04. The van der Waals surface area contributed by atoms with Crippen LogP contribution < -0.4 is 5.32 Å². The van der Waals surface area contributed by atoms with Gasteiger partial charge in [0.1, 0.15) is 4.60 Å². The zero-order chi connectivity index (χ0) is 13.9. The summed E-state index contributed by atoms with van der Waals surface area (Å²) in [6, 6.07) is 4.02. The molecule has 104 valence electrons. The fourth-order valence-electron chi connectivity index (χ4n) is 1.96. The molecule has 3 rings (SSSR count). The van der Waals surface area contributed by atoms with Gasteiger partial charge in [0.2, 0.25) is 0 Å². The van der Waals surface area contributed by atoms with Crippen molar-refractivity contribution in [2.75, 3.05) is 6.54 Å². The van der Waals surface area contributed by atoms with Crippen molar-refractivity contribution in [3.63, 3.8) is 0 Å². The average Bonchev–Trinajstić information content (AvgIpc) is 3.01. The fourth-order valence-corrected chi connectivity index (χ4v) is 3.36. The van der Waals surface area contributed by atoms with Crippen molar-refractivity contribution < 1.29 is 0 Å². The van der Waals surface area contributed by atoms with Gasteiger partial charge in [-0.05, 0) is 34.5 Å². The summed E-state index contributed by atoms with van der Waals surface area (Å²) >= 11 is 10.9. The van der Waals surface area contributed by atoms with Crippen LogP contribution in [0.5, 0.6) is 0 Å². The molecule has 0 aliphatic carbocycles. The predicted molar refractivity (Wildman–Crippen MR) is 85.4 cm³/mol. The number of thiophene rings is 1. The van der Waals surface area contributed by atoms with E-state index in [1.165, 1.54) is 4.88 Å². The normalized spacial score (nSPS) is 11.3. The van der Waals surface area contributed by atoms with Crippen molar-refractivity contribution >= 4 is 44.5 Å². The van der Waals surface area contributed by atoms with Crippen LogP contribution in [0.1, 0.15) is 10.6 Å². The van der Waals surface area contributed by atoms with Gasteiger partial charge in [0, 0.05) is 24.2 Å². The lowest BCUT2D eigenvalue weighted by molar-refractivity contribution is 0.674. The number of rotatable bonds is 5. The summed E-state index contributed by atoms with van der Waals surface area (Å²) in [5.41, 5.74) is 1.97.